The van der Waals surface area contributed by atoms with Crippen molar-refractivity contribution in [1.82, 2.24) is 15.0 Å². The van der Waals surface area contributed by atoms with Crippen LogP contribution in [0.2, 0.25) is 0 Å². The highest BCUT2D eigenvalue weighted by molar-refractivity contribution is 5.26. The van der Waals surface area contributed by atoms with Crippen LogP contribution in [0.1, 0.15) is 11.3 Å². The van der Waals surface area contributed by atoms with E-state index in [4.69, 9.17) is 0 Å². The molecule has 0 amide bonds. The third kappa shape index (κ3) is 2.66. The number of hydrogen-bond donors (Lipinski definition) is 2. The van der Waals surface area contributed by atoms with Crippen molar-refractivity contribution in [3.05, 3.63) is 52.2 Å². The molecule has 0 aromatic carbocycles. The van der Waals surface area contributed by atoms with Gasteiger partial charge in [0.05, 0.1) is 0 Å². The molecule has 2 aromatic rings. The first-order valence-corrected chi connectivity index (χ1v) is 4.95. The van der Waals surface area contributed by atoms with E-state index in [1.54, 1.807) is 19.3 Å². The largest absolute Gasteiger partial charge is 0.352 e. The number of rotatable bonds is 3. The first-order valence-electron chi connectivity index (χ1n) is 4.95. The third-order valence-corrected chi connectivity index (χ3v) is 2.05. The quantitative estimate of drug-likeness (QED) is 0.805. The van der Waals surface area contributed by atoms with Gasteiger partial charge in [-0.1, -0.05) is 6.07 Å². The Morgan fingerprint density at radius 2 is 2.38 bits per heavy atom. The molecule has 0 aliphatic heterocycles. The average molecular weight is 216 g/mol. The van der Waals surface area contributed by atoms with Gasteiger partial charge in [0.1, 0.15) is 0 Å². The van der Waals surface area contributed by atoms with E-state index in [2.05, 4.69) is 20.3 Å². The molecule has 0 radical (unpaired) electrons. The van der Waals surface area contributed by atoms with Crippen LogP contribution in [0.4, 0.5) is 5.95 Å². The highest BCUT2D eigenvalue weighted by Gasteiger charge is 1.97. The van der Waals surface area contributed by atoms with Crippen molar-refractivity contribution in [3.63, 3.8) is 0 Å². The number of H-pyrrole nitrogens is 1. The van der Waals surface area contributed by atoms with Gasteiger partial charge in [0.15, 0.2) is 0 Å². The number of nitrogens with one attached hydrogen (secondary N) is 2. The molecule has 0 unspecified atom stereocenters. The van der Waals surface area contributed by atoms with Crippen molar-refractivity contribution in [2.24, 2.45) is 0 Å². The van der Waals surface area contributed by atoms with Gasteiger partial charge >= 0.3 is 0 Å². The SMILES string of the molecule is Cc1cc(=O)[nH]c(NCc2cccnc2)n1. The fourth-order valence-electron chi connectivity index (χ4n) is 1.35. The molecule has 16 heavy (non-hydrogen) atoms. The number of anilines is 1. The predicted octanol–water partition coefficient (Wildman–Crippen LogP) is 1.09. The minimum Gasteiger partial charge on any atom is -0.352 e. The lowest BCUT2D eigenvalue weighted by atomic mass is 10.3. The molecule has 0 atom stereocenters. The summed E-state index contributed by atoms with van der Waals surface area (Å²) in [5.41, 5.74) is 1.57. The molecular formula is C11H12N4O. The summed E-state index contributed by atoms with van der Waals surface area (Å²) in [5, 5.41) is 3.04. The standard InChI is InChI=1S/C11H12N4O/c1-8-5-10(16)15-11(14-8)13-7-9-3-2-4-12-6-9/h2-6H,7H2,1H3,(H2,13,14,15,16). The Bertz CT molecular complexity index is 521. The monoisotopic (exact) mass is 216 g/mol. The Kier molecular flexibility index (Phi) is 2.95. The number of aryl methyl sites for hydroxylation is 1. The molecule has 5 heteroatoms. The first kappa shape index (κ1) is 10.4. The summed E-state index contributed by atoms with van der Waals surface area (Å²) in [5.74, 6) is 0.480. The summed E-state index contributed by atoms with van der Waals surface area (Å²) in [7, 11) is 0. The van der Waals surface area contributed by atoms with E-state index in [9.17, 15) is 4.79 Å². The number of aromatic nitrogens is 3. The van der Waals surface area contributed by atoms with E-state index in [0.717, 1.165) is 5.56 Å². The zero-order valence-electron chi connectivity index (χ0n) is 8.90. The molecule has 5 nitrogen and oxygen atoms in total. The Balaban J connectivity index is 2.08. The molecule has 2 N–H and O–H groups in total. The Morgan fingerprint density at radius 3 is 3.06 bits per heavy atom. The molecule has 0 saturated carbocycles. The number of nitrogens with zero attached hydrogens (tertiary/aromatic N) is 2. The summed E-state index contributed by atoms with van der Waals surface area (Å²) >= 11 is 0. The minimum atomic E-state index is -0.152. The van der Waals surface area contributed by atoms with Crippen LogP contribution >= 0.6 is 0 Å². The topological polar surface area (TPSA) is 70.7 Å². The second-order valence-electron chi connectivity index (χ2n) is 3.45. The van der Waals surface area contributed by atoms with Crippen LogP contribution < -0.4 is 10.9 Å². The number of hydrogen-bond acceptors (Lipinski definition) is 4. The molecule has 0 aliphatic rings. The van der Waals surface area contributed by atoms with Gasteiger partial charge in [-0.15, -0.1) is 0 Å². The fourth-order valence-corrected chi connectivity index (χ4v) is 1.35. The summed E-state index contributed by atoms with van der Waals surface area (Å²) in [6.45, 7) is 2.37. The van der Waals surface area contributed by atoms with Gasteiger partial charge in [0.25, 0.3) is 5.56 Å². The lowest BCUT2D eigenvalue weighted by molar-refractivity contribution is 1.00. The van der Waals surface area contributed by atoms with Gasteiger partial charge in [-0.25, -0.2) is 4.98 Å². The van der Waals surface area contributed by atoms with E-state index in [-0.39, 0.29) is 5.56 Å². The normalized spacial score (nSPS) is 10.1. The second-order valence-corrected chi connectivity index (χ2v) is 3.45. The van der Waals surface area contributed by atoms with Gasteiger partial charge in [0, 0.05) is 30.7 Å². The summed E-state index contributed by atoms with van der Waals surface area (Å²) in [4.78, 5) is 22.0. The number of pyridine rings is 1. The molecule has 0 fully saturated rings. The van der Waals surface area contributed by atoms with Gasteiger partial charge < -0.3 is 5.32 Å². The second kappa shape index (κ2) is 4.57. The molecule has 0 spiro atoms. The lowest BCUT2D eigenvalue weighted by Gasteiger charge is -2.05. The summed E-state index contributed by atoms with van der Waals surface area (Å²) < 4.78 is 0. The molecular weight excluding hydrogens is 204 g/mol. The van der Waals surface area contributed by atoms with Gasteiger partial charge in [-0.05, 0) is 18.6 Å². The molecule has 2 rings (SSSR count). The van der Waals surface area contributed by atoms with E-state index in [1.807, 2.05) is 12.1 Å². The smallest absolute Gasteiger partial charge is 0.252 e. The minimum absolute atomic E-state index is 0.152. The zero-order valence-corrected chi connectivity index (χ0v) is 8.90. The maximum atomic E-state index is 11.2. The number of aromatic amines is 1. The molecule has 0 aliphatic carbocycles. The van der Waals surface area contributed by atoms with E-state index < -0.39 is 0 Å². The lowest BCUT2D eigenvalue weighted by Crippen LogP contribution is -2.12. The molecule has 0 bridgehead atoms. The van der Waals surface area contributed by atoms with E-state index in [1.165, 1.54) is 6.07 Å². The molecule has 82 valence electrons. The van der Waals surface area contributed by atoms with Gasteiger partial charge in [-0.2, -0.15) is 0 Å². The van der Waals surface area contributed by atoms with Crippen LogP contribution in [0.5, 0.6) is 0 Å². The van der Waals surface area contributed by atoms with Crippen molar-refractivity contribution in [1.29, 1.82) is 0 Å². The zero-order chi connectivity index (χ0) is 11.4. The van der Waals surface area contributed by atoms with Crippen molar-refractivity contribution in [2.75, 3.05) is 5.32 Å². The van der Waals surface area contributed by atoms with Crippen LogP contribution in [-0.2, 0) is 6.54 Å². The third-order valence-electron chi connectivity index (χ3n) is 2.05. The van der Waals surface area contributed by atoms with Crippen molar-refractivity contribution >= 4 is 5.95 Å². The fraction of sp³-hybridized carbons (Fsp3) is 0.182. The van der Waals surface area contributed by atoms with E-state index >= 15 is 0 Å². The summed E-state index contributed by atoms with van der Waals surface area (Å²) in [6.07, 6.45) is 3.48. The van der Waals surface area contributed by atoms with Crippen molar-refractivity contribution in [3.8, 4) is 0 Å². The van der Waals surface area contributed by atoms with Crippen LogP contribution in [-0.4, -0.2) is 15.0 Å². The van der Waals surface area contributed by atoms with Crippen molar-refractivity contribution in [2.45, 2.75) is 13.5 Å². The first-order chi connectivity index (χ1) is 7.74. The average Bonchev–Trinajstić information content (AvgIpc) is 2.27. The summed E-state index contributed by atoms with van der Waals surface area (Å²) in [6, 6.07) is 5.27. The highest BCUT2D eigenvalue weighted by Crippen LogP contribution is 2.01. The van der Waals surface area contributed by atoms with Crippen LogP contribution in [0.3, 0.4) is 0 Å². The molecule has 0 saturated heterocycles. The highest BCUT2D eigenvalue weighted by atomic mass is 16.1. The van der Waals surface area contributed by atoms with Gasteiger partial charge in [0.2, 0.25) is 5.95 Å². The van der Waals surface area contributed by atoms with Gasteiger partial charge in [-0.3, -0.25) is 14.8 Å². The molecule has 2 aromatic heterocycles. The van der Waals surface area contributed by atoms with Crippen LogP contribution in [0, 0.1) is 6.92 Å². The van der Waals surface area contributed by atoms with Crippen LogP contribution in [0.15, 0.2) is 35.4 Å². The Labute approximate surface area is 92.6 Å². The van der Waals surface area contributed by atoms with Crippen molar-refractivity contribution < 1.29 is 0 Å². The maximum Gasteiger partial charge on any atom is 0.252 e. The Morgan fingerprint density at radius 1 is 1.50 bits per heavy atom. The Hall–Kier alpha value is -2.17. The maximum absolute atomic E-state index is 11.2. The van der Waals surface area contributed by atoms with E-state index in [0.29, 0.717) is 18.2 Å². The molecule has 2 heterocycles. The predicted molar refractivity (Wildman–Crippen MR) is 61.2 cm³/mol. The van der Waals surface area contributed by atoms with Crippen LogP contribution in [0.25, 0.3) is 0 Å².